The molecular weight excluding hydrogens is 500 g/mol. The standard InChI is InChI=1S/C33H34N4O3/c1-40-29-11-5-10-27(20-29)32(38)36-28-12-13-31(30(21-28)33(39)35-23-26-9-6-16-34-22-26)37-17-14-25(15-18-37)19-24-7-3-2-4-8-24/h2-13,16,20-22,25H,14-15,17-19,23H2,1H3,(H,35,39)(H,36,38). The zero-order valence-corrected chi connectivity index (χ0v) is 22.7. The molecule has 2 amide bonds. The summed E-state index contributed by atoms with van der Waals surface area (Å²) in [5.41, 5.74) is 4.73. The predicted octanol–water partition coefficient (Wildman–Crippen LogP) is 5.73. The number of rotatable bonds is 9. The van der Waals surface area contributed by atoms with E-state index in [9.17, 15) is 9.59 Å². The molecule has 0 unspecified atom stereocenters. The molecule has 1 fully saturated rings. The van der Waals surface area contributed by atoms with Gasteiger partial charge in [-0.2, -0.15) is 0 Å². The summed E-state index contributed by atoms with van der Waals surface area (Å²) in [6, 6.07) is 26.9. The quantitative estimate of drug-likeness (QED) is 0.287. The third kappa shape index (κ3) is 6.86. The molecule has 0 bridgehead atoms. The van der Waals surface area contributed by atoms with Gasteiger partial charge in [0.2, 0.25) is 0 Å². The smallest absolute Gasteiger partial charge is 0.255 e. The van der Waals surface area contributed by atoms with E-state index in [2.05, 4.69) is 50.8 Å². The van der Waals surface area contributed by atoms with Crippen LogP contribution in [0.1, 0.15) is 44.7 Å². The Balaban J connectivity index is 1.33. The van der Waals surface area contributed by atoms with Crippen LogP contribution in [0, 0.1) is 5.92 Å². The van der Waals surface area contributed by atoms with Gasteiger partial charge in [-0.1, -0.05) is 42.5 Å². The lowest BCUT2D eigenvalue weighted by Crippen LogP contribution is -2.36. The van der Waals surface area contributed by atoms with Crippen molar-refractivity contribution in [2.45, 2.75) is 25.8 Å². The van der Waals surface area contributed by atoms with Gasteiger partial charge < -0.3 is 20.3 Å². The lowest BCUT2D eigenvalue weighted by atomic mass is 9.89. The second-order valence-corrected chi connectivity index (χ2v) is 10.1. The highest BCUT2D eigenvalue weighted by Gasteiger charge is 2.24. The lowest BCUT2D eigenvalue weighted by molar-refractivity contribution is 0.0950. The van der Waals surface area contributed by atoms with E-state index in [1.54, 1.807) is 49.8 Å². The summed E-state index contributed by atoms with van der Waals surface area (Å²) in [7, 11) is 1.57. The first kappa shape index (κ1) is 26.9. The predicted molar refractivity (Wildman–Crippen MR) is 158 cm³/mol. The minimum atomic E-state index is -0.268. The Morgan fingerprint density at radius 3 is 2.45 bits per heavy atom. The molecule has 7 heteroatoms. The Hall–Kier alpha value is -4.65. The van der Waals surface area contributed by atoms with E-state index in [1.165, 1.54) is 5.56 Å². The molecule has 204 valence electrons. The third-order valence-electron chi connectivity index (χ3n) is 7.33. The molecule has 2 heterocycles. The van der Waals surface area contributed by atoms with Gasteiger partial charge in [-0.3, -0.25) is 14.6 Å². The SMILES string of the molecule is COc1cccc(C(=O)Nc2ccc(N3CCC(Cc4ccccc4)CC3)c(C(=O)NCc3cccnc3)c2)c1. The van der Waals surface area contributed by atoms with Crippen LogP contribution >= 0.6 is 0 Å². The first-order valence-corrected chi connectivity index (χ1v) is 13.6. The maximum absolute atomic E-state index is 13.5. The van der Waals surface area contributed by atoms with E-state index in [0.29, 0.717) is 35.0 Å². The van der Waals surface area contributed by atoms with E-state index in [1.807, 2.05) is 24.3 Å². The Labute approximate surface area is 235 Å². The summed E-state index contributed by atoms with van der Waals surface area (Å²) in [5, 5.41) is 5.97. The fraction of sp³-hybridized carbons (Fsp3) is 0.242. The number of ether oxygens (including phenoxy) is 1. The number of hydrogen-bond acceptors (Lipinski definition) is 5. The number of hydrogen-bond donors (Lipinski definition) is 2. The second-order valence-electron chi connectivity index (χ2n) is 10.1. The van der Waals surface area contributed by atoms with Gasteiger partial charge in [0.25, 0.3) is 11.8 Å². The number of benzene rings is 3. The molecule has 3 aromatic carbocycles. The van der Waals surface area contributed by atoms with Crippen molar-refractivity contribution < 1.29 is 14.3 Å². The van der Waals surface area contributed by atoms with E-state index in [4.69, 9.17) is 4.74 Å². The number of nitrogens with zero attached hydrogens (tertiary/aromatic N) is 2. The molecule has 1 aliphatic heterocycles. The highest BCUT2D eigenvalue weighted by Crippen LogP contribution is 2.30. The van der Waals surface area contributed by atoms with Crippen LogP contribution in [0.4, 0.5) is 11.4 Å². The van der Waals surface area contributed by atoms with E-state index in [0.717, 1.165) is 43.6 Å². The normalized spacial score (nSPS) is 13.5. The van der Waals surface area contributed by atoms with Crippen LogP contribution in [-0.2, 0) is 13.0 Å². The van der Waals surface area contributed by atoms with Crippen molar-refractivity contribution in [2.75, 3.05) is 30.4 Å². The highest BCUT2D eigenvalue weighted by atomic mass is 16.5. The number of piperidine rings is 1. The average molecular weight is 535 g/mol. The Morgan fingerprint density at radius 1 is 0.900 bits per heavy atom. The van der Waals surface area contributed by atoms with Crippen LogP contribution in [0.25, 0.3) is 0 Å². The first-order valence-electron chi connectivity index (χ1n) is 13.6. The molecule has 1 saturated heterocycles. The molecule has 0 spiro atoms. The number of amides is 2. The average Bonchev–Trinajstić information content (AvgIpc) is 3.01. The van der Waals surface area contributed by atoms with Gasteiger partial charge in [-0.25, -0.2) is 0 Å². The summed E-state index contributed by atoms with van der Waals surface area (Å²) in [5.74, 6) is 0.759. The van der Waals surface area contributed by atoms with Crippen molar-refractivity contribution in [2.24, 2.45) is 5.92 Å². The molecule has 1 aliphatic rings. The fourth-order valence-electron chi connectivity index (χ4n) is 5.14. The van der Waals surface area contributed by atoms with Crippen molar-refractivity contribution in [3.63, 3.8) is 0 Å². The van der Waals surface area contributed by atoms with Gasteiger partial charge >= 0.3 is 0 Å². The minimum absolute atomic E-state index is 0.192. The van der Waals surface area contributed by atoms with Crippen LogP contribution in [-0.4, -0.2) is 37.0 Å². The summed E-state index contributed by atoms with van der Waals surface area (Å²) in [4.78, 5) is 32.9. The van der Waals surface area contributed by atoms with Crippen molar-refractivity contribution in [1.29, 1.82) is 0 Å². The highest BCUT2D eigenvalue weighted by molar-refractivity contribution is 6.06. The number of pyridine rings is 1. The summed E-state index contributed by atoms with van der Waals surface area (Å²) < 4.78 is 5.25. The maximum Gasteiger partial charge on any atom is 0.255 e. The zero-order chi connectivity index (χ0) is 27.7. The van der Waals surface area contributed by atoms with Crippen LogP contribution in [0.3, 0.4) is 0 Å². The number of nitrogens with one attached hydrogen (secondary N) is 2. The topological polar surface area (TPSA) is 83.6 Å². The van der Waals surface area contributed by atoms with Crippen LogP contribution in [0.2, 0.25) is 0 Å². The Kier molecular flexibility index (Phi) is 8.71. The molecule has 0 radical (unpaired) electrons. The Bertz CT molecular complexity index is 1430. The number of anilines is 2. The van der Waals surface area contributed by atoms with Gasteiger partial charge in [0.05, 0.1) is 12.7 Å². The van der Waals surface area contributed by atoms with Crippen molar-refractivity contribution in [3.8, 4) is 5.75 Å². The van der Waals surface area contributed by atoms with Gasteiger partial charge in [0, 0.05) is 49.0 Å². The molecule has 7 nitrogen and oxygen atoms in total. The number of aromatic nitrogens is 1. The van der Waals surface area contributed by atoms with Crippen molar-refractivity contribution >= 4 is 23.2 Å². The maximum atomic E-state index is 13.5. The minimum Gasteiger partial charge on any atom is -0.497 e. The number of methoxy groups -OCH3 is 1. The van der Waals surface area contributed by atoms with Crippen molar-refractivity contribution in [1.82, 2.24) is 10.3 Å². The lowest BCUT2D eigenvalue weighted by Gasteiger charge is -2.35. The second kappa shape index (κ2) is 12.9. The Morgan fingerprint density at radius 2 is 1.70 bits per heavy atom. The molecule has 40 heavy (non-hydrogen) atoms. The molecule has 4 aromatic rings. The molecule has 5 rings (SSSR count). The molecular formula is C33H34N4O3. The monoisotopic (exact) mass is 534 g/mol. The van der Waals surface area contributed by atoms with E-state index in [-0.39, 0.29) is 11.8 Å². The van der Waals surface area contributed by atoms with Gasteiger partial charge in [-0.15, -0.1) is 0 Å². The largest absolute Gasteiger partial charge is 0.497 e. The van der Waals surface area contributed by atoms with Crippen LogP contribution in [0.15, 0.2) is 97.3 Å². The van der Waals surface area contributed by atoms with Crippen molar-refractivity contribution in [3.05, 3.63) is 120 Å². The van der Waals surface area contributed by atoms with Gasteiger partial charge in [-0.05, 0) is 78.8 Å². The summed E-state index contributed by atoms with van der Waals surface area (Å²) in [6.07, 6.45) is 6.63. The molecule has 0 saturated carbocycles. The summed E-state index contributed by atoms with van der Waals surface area (Å²) in [6.45, 7) is 2.11. The van der Waals surface area contributed by atoms with E-state index < -0.39 is 0 Å². The van der Waals surface area contributed by atoms with E-state index >= 15 is 0 Å². The zero-order valence-electron chi connectivity index (χ0n) is 22.7. The van der Waals surface area contributed by atoms with Gasteiger partial charge in [0.15, 0.2) is 0 Å². The van der Waals surface area contributed by atoms with Crippen LogP contribution < -0.4 is 20.3 Å². The molecule has 2 N–H and O–H groups in total. The fourth-order valence-corrected chi connectivity index (χ4v) is 5.14. The first-order chi connectivity index (χ1) is 19.6. The number of carbonyl (C=O) groups is 2. The number of carbonyl (C=O) groups excluding carboxylic acids is 2. The molecule has 1 aromatic heterocycles. The van der Waals surface area contributed by atoms with Crippen LogP contribution in [0.5, 0.6) is 5.75 Å². The molecule has 0 aliphatic carbocycles. The summed E-state index contributed by atoms with van der Waals surface area (Å²) >= 11 is 0. The third-order valence-corrected chi connectivity index (χ3v) is 7.33. The van der Waals surface area contributed by atoms with Gasteiger partial charge in [0.1, 0.15) is 5.75 Å². The molecule has 0 atom stereocenters.